The van der Waals surface area contributed by atoms with Crippen LogP contribution in [0, 0.1) is 0 Å². The van der Waals surface area contributed by atoms with E-state index in [-0.39, 0.29) is 11.0 Å². The summed E-state index contributed by atoms with van der Waals surface area (Å²) >= 11 is 0. The third-order valence-electron chi connectivity index (χ3n) is 5.40. The Morgan fingerprint density at radius 1 is 0.957 bits per heavy atom. The van der Waals surface area contributed by atoms with E-state index in [0.29, 0.717) is 5.92 Å². The van der Waals surface area contributed by atoms with Crippen LogP contribution in [0.15, 0.2) is 48.5 Å². The van der Waals surface area contributed by atoms with E-state index in [1.54, 1.807) is 0 Å². The lowest BCUT2D eigenvalue weighted by molar-refractivity contribution is 0.0314. The van der Waals surface area contributed by atoms with Crippen LogP contribution in [0.5, 0.6) is 5.75 Å². The molecule has 2 aromatic rings. The molecule has 2 aromatic carbocycles. The zero-order valence-electron chi connectivity index (χ0n) is 15.0. The maximum Gasteiger partial charge on any atom is 0.132 e. The average Bonchev–Trinajstić information content (AvgIpc) is 2.53. The predicted octanol–water partition coefficient (Wildman–Crippen LogP) is 6.18. The summed E-state index contributed by atoms with van der Waals surface area (Å²) in [5, 5.41) is 0. The molecule has 0 radical (unpaired) electrons. The van der Waals surface area contributed by atoms with Gasteiger partial charge in [-0.2, -0.15) is 0 Å². The van der Waals surface area contributed by atoms with Gasteiger partial charge in [-0.3, -0.25) is 0 Å². The van der Waals surface area contributed by atoms with E-state index in [4.69, 9.17) is 4.74 Å². The van der Waals surface area contributed by atoms with E-state index in [1.165, 1.54) is 16.7 Å². The number of rotatable bonds is 3. The highest BCUT2D eigenvalue weighted by Gasteiger charge is 2.43. The van der Waals surface area contributed by atoms with E-state index in [9.17, 15) is 0 Å². The lowest BCUT2D eigenvalue weighted by Gasteiger charge is -2.45. The van der Waals surface area contributed by atoms with Crippen LogP contribution in [-0.2, 0) is 11.0 Å². The molecule has 0 amide bonds. The predicted molar refractivity (Wildman–Crippen MR) is 97.2 cm³/mol. The minimum Gasteiger partial charge on any atom is -0.483 e. The molecule has 1 heterocycles. The molecule has 3 rings (SSSR count). The van der Waals surface area contributed by atoms with Gasteiger partial charge in [0.25, 0.3) is 0 Å². The minimum atomic E-state index is -0.280. The van der Waals surface area contributed by atoms with Gasteiger partial charge in [0.05, 0.1) is 0 Å². The summed E-state index contributed by atoms with van der Waals surface area (Å²) in [7, 11) is 0. The zero-order chi connectivity index (χ0) is 16.7. The molecule has 2 atom stereocenters. The summed E-state index contributed by atoms with van der Waals surface area (Å²) in [6, 6.07) is 17.3. The summed E-state index contributed by atoms with van der Waals surface area (Å²) in [4.78, 5) is 0. The molecule has 0 N–H and O–H groups in total. The van der Waals surface area contributed by atoms with E-state index in [1.807, 2.05) is 0 Å². The minimum absolute atomic E-state index is 0.103. The molecule has 0 bridgehead atoms. The molecule has 1 nitrogen and oxygen atoms in total. The van der Waals surface area contributed by atoms with Crippen LogP contribution in [-0.4, -0.2) is 0 Å². The van der Waals surface area contributed by atoms with Crippen LogP contribution >= 0.6 is 0 Å². The third kappa shape index (κ3) is 2.78. The van der Waals surface area contributed by atoms with Gasteiger partial charge < -0.3 is 4.74 Å². The Balaban J connectivity index is 2.11. The van der Waals surface area contributed by atoms with Crippen molar-refractivity contribution >= 4 is 0 Å². The van der Waals surface area contributed by atoms with Crippen LogP contribution in [0.4, 0.5) is 0 Å². The highest BCUT2D eigenvalue weighted by atomic mass is 16.5. The van der Waals surface area contributed by atoms with Crippen molar-refractivity contribution in [1.82, 2.24) is 0 Å². The molecule has 1 aliphatic rings. The van der Waals surface area contributed by atoms with Gasteiger partial charge in [-0.25, -0.2) is 0 Å². The fourth-order valence-electron chi connectivity index (χ4n) is 4.11. The fourth-order valence-corrected chi connectivity index (χ4v) is 4.11. The van der Waals surface area contributed by atoms with Crippen molar-refractivity contribution in [2.24, 2.45) is 0 Å². The number of fused-ring (bicyclic) bond motifs is 1. The average molecular weight is 308 g/mol. The van der Waals surface area contributed by atoms with Gasteiger partial charge in [0.2, 0.25) is 0 Å². The van der Waals surface area contributed by atoms with Gasteiger partial charge in [0.1, 0.15) is 11.4 Å². The second kappa shape index (κ2) is 5.70. The largest absolute Gasteiger partial charge is 0.483 e. The van der Waals surface area contributed by atoms with E-state index < -0.39 is 0 Å². The van der Waals surface area contributed by atoms with Crippen molar-refractivity contribution < 1.29 is 4.74 Å². The lowest BCUT2D eigenvalue weighted by atomic mass is 9.70. The highest BCUT2D eigenvalue weighted by Crippen LogP contribution is 2.49. The Morgan fingerprint density at radius 3 is 2.26 bits per heavy atom. The fraction of sp³-hybridized carbons (Fsp3) is 0.455. The first-order chi connectivity index (χ1) is 10.9. The van der Waals surface area contributed by atoms with Gasteiger partial charge in [0, 0.05) is 6.42 Å². The maximum absolute atomic E-state index is 6.58. The summed E-state index contributed by atoms with van der Waals surface area (Å²) in [5.74, 6) is 1.58. The van der Waals surface area contributed by atoms with E-state index in [2.05, 4.69) is 83.1 Å². The van der Waals surface area contributed by atoms with Crippen molar-refractivity contribution in [3.8, 4) is 5.75 Å². The first kappa shape index (κ1) is 16.1. The molecule has 1 aliphatic heterocycles. The van der Waals surface area contributed by atoms with Crippen LogP contribution < -0.4 is 4.74 Å². The van der Waals surface area contributed by atoms with Gasteiger partial charge in [-0.1, -0.05) is 70.2 Å². The second-order valence-electron chi connectivity index (χ2n) is 7.79. The molecule has 0 aromatic heterocycles. The molecular formula is C22H28O. The topological polar surface area (TPSA) is 9.23 Å². The summed E-state index contributed by atoms with van der Waals surface area (Å²) in [6.07, 6.45) is 2.14. The normalized spacial score (nSPS) is 23.7. The molecule has 2 unspecified atom stereocenters. The summed E-state index contributed by atoms with van der Waals surface area (Å²) < 4.78 is 6.58. The highest BCUT2D eigenvalue weighted by molar-refractivity contribution is 5.45. The third-order valence-corrected chi connectivity index (χ3v) is 5.40. The second-order valence-corrected chi connectivity index (χ2v) is 7.79. The number of hydrogen-bond donors (Lipinski definition) is 0. The van der Waals surface area contributed by atoms with E-state index >= 15 is 0 Å². The van der Waals surface area contributed by atoms with Crippen molar-refractivity contribution in [2.45, 2.75) is 64.4 Å². The Kier molecular flexibility index (Phi) is 4.00. The quantitative estimate of drug-likeness (QED) is 0.658. The zero-order valence-corrected chi connectivity index (χ0v) is 15.0. The first-order valence-corrected chi connectivity index (χ1v) is 8.75. The van der Waals surface area contributed by atoms with Crippen molar-refractivity contribution in [3.63, 3.8) is 0 Å². The van der Waals surface area contributed by atoms with Crippen molar-refractivity contribution in [1.29, 1.82) is 0 Å². The molecule has 0 aliphatic carbocycles. The van der Waals surface area contributed by atoms with Gasteiger partial charge in [0.15, 0.2) is 0 Å². The molecule has 1 heteroatoms. The van der Waals surface area contributed by atoms with Gasteiger partial charge >= 0.3 is 0 Å². The van der Waals surface area contributed by atoms with Crippen LogP contribution in [0.2, 0.25) is 0 Å². The monoisotopic (exact) mass is 308 g/mol. The van der Waals surface area contributed by atoms with Crippen molar-refractivity contribution in [2.75, 3.05) is 0 Å². The van der Waals surface area contributed by atoms with Crippen molar-refractivity contribution in [3.05, 3.63) is 65.2 Å². The van der Waals surface area contributed by atoms with Crippen LogP contribution in [0.25, 0.3) is 0 Å². The first-order valence-electron chi connectivity index (χ1n) is 8.75. The Bertz CT molecular complexity index is 701. The molecular weight excluding hydrogens is 280 g/mol. The lowest BCUT2D eigenvalue weighted by Crippen LogP contribution is -2.42. The Morgan fingerprint density at radius 2 is 1.57 bits per heavy atom. The number of ether oxygens (including phenoxy) is 1. The number of hydrogen-bond acceptors (Lipinski definition) is 1. The summed E-state index contributed by atoms with van der Waals surface area (Å²) in [6.45, 7) is 11.5. The molecule has 0 fully saturated rings. The molecule has 122 valence electrons. The molecule has 0 spiro atoms. The molecule has 0 saturated heterocycles. The summed E-state index contributed by atoms with van der Waals surface area (Å²) in [5.41, 5.74) is 3.91. The van der Waals surface area contributed by atoms with Crippen LogP contribution in [0.1, 0.15) is 70.1 Å². The Labute approximate surface area is 140 Å². The van der Waals surface area contributed by atoms with Gasteiger partial charge in [-0.15, -0.1) is 0 Å². The maximum atomic E-state index is 6.58. The van der Waals surface area contributed by atoms with Gasteiger partial charge in [-0.05, 0) is 47.4 Å². The SMILES string of the molecule is CCC(C)c1ccccc1C1(C)CC(C)(C)c2ccccc2O1. The molecule has 23 heavy (non-hydrogen) atoms. The van der Waals surface area contributed by atoms with Crippen LogP contribution in [0.3, 0.4) is 0 Å². The Hall–Kier alpha value is -1.76. The number of benzene rings is 2. The standard InChI is InChI=1S/C22H28O/c1-6-16(2)17-11-7-8-12-18(17)22(5)15-21(3,4)19-13-9-10-14-20(19)23-22/h7-14,16H,6,15H2,1-5H3. The molecule has 0 saturated carbocycles. The smallest absolute Gasteiger partial charge is 0.132 e. The van der Waals surface area contributed by atoms with E-state index in [0.717, 1.165) is 18.6 Å². The number of para-hydroxylation sites is 1.